The molecule has 0 amide bonds. The van der Waals surface area contributed by atoms with Crippen LogP contribution in [0.25, 0.3) is 0 Å². The summed E-state index contributed by atoms with van der Waals surface area (Å²) < 4.78 is 12.9. The monoisotopic (exact) mass is 443 g/mol. The predicted molar refractivity (Wildman–Crippen MR) is 117 cm³/mol. The van der Waals surface area contributed by atoms with E-state index in [0.29, 0.717) is 6.10 Å². The first-order chi connectivity index (χ1) is 13.6. The fraction of sp³-hybridized carbons (Fsp3) is 0.500. The van der Waals surface area contributed by atoms with Gasteiger partial charge >= 0.3 is 0 Å². The Labute approximate surface area is 177 Å². The maximum atomic E-state index is 5.97. The van der Waals surface area contributed by atoms with E-state index in [9.17, 15) is 0 Å². The molecule has 1 aliphatic heterocycles. The zero-order chi connectivity index (χ0) is 19.5. The van der Waals surface area contributed by atoms with Gasteiger partial charge in [0.25, 0.3) is 0 Å². The van der Waals surface area contributed by atoms with Crippen LogP contribution < -0.4 is 4.74 Å². The third kappa shape index (κ3) is 4.45. The summed E-state index contributed by atoms with van der Waals surface area (Å²) in [5, 5.41) is 0. The van der Waals surface area contributed by atoms with Crippen LogP contribution in [0, 0.1) is 6.92 Å². The summed E-state index contributed by atoms with van der Waals surface area (Å²) in [6, 6.07) is 11.1. The van der Waals surface area contributed by atoms with E-state index in [4.69, 9.17) is 9.47 Å². The van der Waals surface area contributed by atoms with E-state index in [1.54, 1.807) is 7.11 Å². The molecule has 2 aromatic carbocycles. The van der Waals surface area contributed by atoms with Crippen molar-refractivity contribution in [3.8, 4) is 5.75 Å². The molecule has 1 unspecified atom stereocenters. The van der Waals surface area contributed by atoms with Gasteiger partial charge in [-0.15, -0.1) is 0 Å². The second-order valence-electron chi connectivity index (χ2n) is 8.14. The average molecular weight is 444 g/mol. The van der Waals surface area contributed by atoms with Crippen molar-refractivity contribution in [2.45, 2.75) is 58.2 Å². The minimum Gasteiger partial charge on any atom is -0.496 e. The molecule has 0 aromatic heterocycles. The molecule has 0 spiro atoms. The standard InChI is InChI=1S/C24H30BrNO2/c1-17-8-9-19(23(25)13-17)14-26(15-20-6-4-12-28-20)16-22-21-7-3-5-18(21)10-11-24(22)27-2/h8-11,13,20H,3-7,12,14-16H2,1-2H3. The van der Waals surface area contributed by atoms with Crippen LogP contribution in [0.5, 0.6) is 5.75 Å². The second-order valence-corrected chi connectivity index (χ2v) is 8.99. The van der Waals surface area contributed by atoms with Gasteiger partial charge in [-0.2, -0.15) is 0 Å². The molecule has 0 N–H and O–H groups in total. The van der Waals surface area contributed by atoms with Crippen LogP contribution in [-0.4, -0.2) is 31.3 Å². The van der Waals surface area contributed by atoms with Crippen LogP contribution in [0.3, 0.4) is 0 Å². The third-order valence-corrected chi connectivity index (χ3v) is 6.79. The topological polar surface area (TPSA) is 21.7 Å². The smallest absolute Gasteiger partial charge is 0.123 e. The van der Waals surface area contributed by atoms with Crippen LogP contribution >= 0.6 is 15.9 Å². The van der Waals surface area contributed by atoms with Crippen molar-refractivity contribution in [3.05, 3.63) is 62.6 Å². The molecule has 1 heterocycles. The Bertz CT molecular complexity index is 830. The number of benzene rings is 2. The van der Waals surface area contributed by atoms with Gasteiger partial charge in [-0.05, 0) is 73.4 Å². The molecule has 1 saturated heterocycles. The van der Waals surface area contributed by atoms with Gasteiger partial charge in [0, 0.05) is 36.3 Å². The molecule has 3 nitrogen and oxygen atoms in total. The molecule has 0 radical (unpaired) electrons. The molecule has 150 valence electrons. The van der Waals surface area contributed by atoms with Crippen LogP contribution in [0.2, 0.25) is 0 Å². The van der Waals surface area contributed by atoms with E-state index >= 15 is 0 Å². The maximum Gasteiger partial charge on any atom is 0.123 e. The molecular weight excluding hydrogens is 414 g/mol. The Morgan fingerprint density at radius 3 is 2.79 bits per heavy atom. The fourth-order valence-electron chi connectivity index (χ4n) is 4.59. The highest BCUT2D eigenvalue weighted by Gasteiger charge is 2.24. The Kier molecular flexibility index (Phi) is 6.39. The van der Waals surface area contributed by atoms with Gasteiger partial charge in [0.2, 0.25) is 0 Å². The normalized spacial score (nSPS) is 18.6. The SMILES string of the molecule is COc1ccc2c(c1CN(Cc1ccc(C)cc1Br)CC1CCCO1)CCC2. The number of ether oxygens (including phenoxy) is 2. The number of rotatable bonds is 7. The van der Waals surface area contributed by atoms with E-state index in [2.05, 4.69) is 58.1 Å². The number of fused-ring (bicyclic) bond motifs is 1. The third-order valence-electron chi connectivity index (χ3n) is 6.05. The van der Waals surface area contributed by atoms with Crippen LogP contribution in [0.15, 0.2) is 34.8 Å². The summed E-state index contributed by atoms with van der Waals surface area (Å²) >= 11 is 3.77. The number of aryl methyl sites for hydroxylation is 2. The van der Waals surface area contributed by atoms with E-state index < -0.39 is 0 Å². The lowest BCUT2D eigenvalue weighted by Crippen LogP contribution is -2.32. The highest BCUT2D eigenvalue weighted by molar-refractivity contribution is 9.10. The summed E-state index contributed by atoms with van der Waals surface area (Å²) in [4.78, 5) is 2.54. The van der Waals surface area contributed by atoms with Crippen LogP contribution in [0.1, 0.15) is 47.1 Å². The molecule has 2 aliphatic rings. The van der Waals surface area contributed by atoms with E-state index in [1.807, 2.05) is 0 Å². The quantitative estimate of drug-likeness (QED) is 0.568. The van der Waals surface area contributed by atoms with Gasteiger partial charge in [-0.25, -0.2) is 0 Å². The number of nitrogens with zero attached hydrogens (tertiary/aromatic N) is 1. The largest absolute Gasteiger partial charge is 0.496 e. The van der Waals surface area contributed by atoms with E-state index in [-0.39, 0.29) is 0 Å². The average Bonchev–Trinajstić information content (AvgIpc) is 3.36. The molecular formula is C24H30BrNO2. The number of methoxy groups -OCH3 is 1. The number of hydrogen-bond acceptors (Lipinski definition) is 3. The van der Waals surface area contributed by atoms with Crippen molar-refractivity contribution in [2.24, 2.45) is 0 Å². The van der Waals surface area contributed by atoms with Crippen LogP contribution in [-0.2, 0) is 30.7 Å². The van der Waals surface area contributed by atoms with Gasteiger partial charge in [0.15, 0.2) is 0 Å². The Hall–Kier alpha value is -1.36. The first-order valence-corrected chi connectivity index (χ1v) is 11.2. The zero-order valence-electron chi connectivity index (χ0n) is 17.0. The van der Waals surface area contributed by atoms with Crippen molar-refractivity contribution in [2.75, 3.05) is 20.3 Å². The summed E-state index contributed by atoms with van der Waals surface area (Å²) in [5.41, 5.74) is 7.00. The van der Waals surface area contributed by atoms with Crippen molar-refractivity contribution >= 4 is 15.9 Å². The lowest BCUT2D eigenvalue weighted by atomic mass is 10.0. The Morgan fingerprint density at radius 2 is 2.04 bits per heavy atom. The van der Waals surface area contributed by atoms with Crippen LogP contribution in [0.4, 0.5) is 0 Å². The first-order valence-electron chi connectivity index (χ1n) is 10.4. The summed E-state index contributed by atoms with van der Waals surface area (Å²) in [7, 11) is 1.79. The number of hydrogen-bond donors (Lipinski definition) is 0. The molecule has 1 fully saturated rings. The van der Waals surface area contributed by atoms with Crippen molar-refractivity contribution < 1.29 is 9.47 Å². The first kappa shape index (κ1) is 19.9. The van der Waals surface area contributed by atoms with Gasteiger partial charge < -0.3 is 9.47 Å². The molecule has 4 heteroatoms. The number of halogens is 1. The summed E-state index contributed by atoms with van der Waals surface area (Å²) in [6.45, 7) is 5.82. The van der Waals surface area contributed by atoms with Gasteiger partial charge in [0.1, 0.15) is 5.75 Å². The predicted octanol–water partition coefficient (Wildman–Crippen LogP) is 5.44. The molecule has 1 aliphatic carbocycles. The fourth-order valence-corrected chi connectivity index (χ4v) is 5.21. The van der Waals surface area contributed by atoms with E-state index in [0.717, 1.165) is 38.4 Å². The molecule has 1 atom stereocenters. The van der Waals surface area contributed by atoms with Crippen molar-refractivity contribution in [1.29, 1.82) is 0 Å². The highest BCUT2D eigenvalue weighted by atomic mass is 79.9. The van der Waals surface area contributed by atoms with E-state index in [1.165, 1.54) is 58.0 Å². The molecule has 28 heavy (non-hydrogen) atoms. The Balaban J connectivity index is 1.61. The maximum absolute atomic E-state index is 5.97. The highest BCUT2D eigenvalue weighted by Crippen LogP contribution is 2.34. The Morgan fingerprint density at radius 1 is 1.14 bits per heavy atom. The van der Waals surface area contributed by atoms with Crippen molar-refractivity contribution in [1.82, 2.24) is 4.90 Å². The van der Waals surface area contributed by atoms with Gasteiger partial charge in [-0.3, -0.25) is 4.90 Å². The van der Waals surface area contributed by atoms with Gasteiger partial charge in [-0.1, -0.05) is 34.1 Å². The minimum atomic E-state index is 0.340. The summed E-state index contributed by atoms with van der Waals surface area (Å²) in [6.07, 6.45) is 6.30. The lowest BCUT2D eigenvalue weighted by molar-refractivity contribution is 0.0674. The zero-order valence-corrected chi connectivity index (χ0v) is 18.6. The van der Waals surface area contributed by atoms with Crippen molar-refractivity contribution in [3.63, 3.8) is 0 Å². The molecule has 2 aromatic rings. The van der Waals surface area contributed by atoms with Gasteiger partial charge in [0.05, 0.1) is 13.2 Å². The summed E-state index contributed by atoms with van der Waals surface area (Å²) in [5.74, 6) is 1.03. The minimum absolute atomic E-state index is 0.340. The molecule has 0 saturated carbocycles. The molecule has 4 rings (SSSR count). The molecule has 0 bridgehead atoms. The lowest BCUT2D eigenvalue weighted by Gasteiger charge is -2.28. The second kappa shape index (κ2) is 8.98.